The molecule has 0 saturated heterocycles. The van der Waals surface area contributed by atoms with Gasteiger partial charge >= 0.3 is 0 Å². The van der Waals surface area contributed by atoms with Crippen LogP contribution < -0.4 is 10.2 Å². The molecule has 0 amide bonds. The largest absolute Gasteiger partial charge is 0.545 e. The van der Waals surface area contributed by atoms with Crippen LogP contribution >= 0.6 is 0 Å². The van der Waals surface area contributed by atoms with Crippen molar-refractivity contribution in [3.8, 4) is 0 Å². The average Bonchev–Trinajstić information content (AvgIpc) is 2.21. The maximum Gasteiger partial charge on any atom is 0.0675 e. The number of rotatable bonds is 8. The van der Waals surface area contributed by atoms with Crippen LogP contribution in [0.15, 0.2) is 11.6 Å². The lowest BCUT2D eigenvalue weighted by atomic mass is 9.92. The molecule has 1 atom stereocenters. The van der Waals surface area contributed by atoms with E-state index in [1.54, 1.807) is 0 Å². The van der Waals surface area contributed by atoms with Gasteiger partial charge in [-0.1, -0.05) is 39.5 Å². The van der Waals surface area contributed by atoms with Crippen LogP contribution in [0.25, 0.3) is 0 Å². The molecular weight excluding hydrogens is 208 g/mol. The monoisotopic (exact) mass is 226 g/mol. The first-order valence-electron chi connectivity index (χ1n) is 5.64. The molecule has 92 valence electrons. The van der Waals surface area contributed by atoms with E-state index < -0.39 is 11.9 Å². The van der Waals surface area contributed by atoms with E-state index in [1.165, 1.54) is 0 Å². The number of carboxylic acids is 2. The zero-order valence-electron chi connectivity index (χ0n) is 9.82. The molecule has 0 radical (unpaired) electrons. The Morgan fingerprint density at radius 1 is 1.25 bits per heavy atom. The number of hydrogen-bond donors (Lipinski definition) is 0. The van der Waals surface area contributed by atoms with E-state index in [2.05, 4.69) is 6.92 Å². The Morgan fingerprint density at radius 2 is 1.88 bits per heavy atom. The van der Waals surface area contributed by atoms with Crippen LogP contribution in [-0.4, -0.2) is 11.9 Å². The molecule has 16 heavy (non-hydrogen) atoms. The molecular formula is C12H18O4-2. The van der Waals surface area contributed by atoms with E-state index in [-0.39, 0.29) is 17.9 Å². The topological polar surface area (TPSA) is 80.3 Å². The molecule has 4 heteroatoms. The van der Waals surface area contributed by atoms with Gasteiger partial charge in [-0.3, -0.25) is 0 Å². The zero-order chi connectivity index (χ0) is 12.6. The molecule has 0 aliphatic carbocycles. The molecule has 1 unspecified atom stereocenters. The molecule has 0 aromatic carbocycles. The van der Waals surface area contributed by atoms with Crippen molar-refractivity contribution in [1.82, 2.24) is 0 Å². The van der Waals surface area contributed by atoms with Crippen molar-refractivity contribution in [2.24, 2.45) is 5.92 Å². The van der Waals surface area contributed by atoms with Gasteiger partial charge in [-0.15, -0.1) is 0 Å². The maximum absolute atomic E-state index is 10.7. The zero-order valence-corrected chi connectivity index (χ0v) is 9.82. The highest BCUT2D eigenvalue weighted by atomic mass is 16.4. The van der Waals surface area contributed by atoms with E-state index >= 15 is 0 Å². The summed E-state index contributed by atoms with van der Waals surface area (Å²) >= 11 is 0. The summed E-state index contributed by atoms with van der Waals surface area (Å²) in [6.07, 6.45) is 4.67. The summed E-state index contributed by atoms with van der Waals surface area (Å²) in [6, 6.07) is 0. The highest BCUT2D eigenvalue weighted by Crippen LogP contribution is 2.20. The Balaban J connectivity index is 4.47. The minimum absolute atomic E-state index is 0.178. The Morgan fingerprint density at radius 3 is 2.25 bits per heavy atom. The number of carbonyl (C=O) groups excluding carboxylic acids is 2. The Bertz CT molecular complexity index is 268. The third-order valence-corrected chi connectivity index (χ3v) is 2.61. The van der Waals surface area contributed by atoms with Crippen LogP contribution in [0.5, 0.6) is 0 Å². The highest BCUT2D eigenvalue weighted by molar-refractivity contribution is 5.92. The predicted octanol–water partition coefficient (Wildman–Crippen LogP) is 0.0191. The maximum atomic E-state index is 10.7. The number of unbranched alkanes of at least 4 members (excludes halogenated alkanes) is 1. The Hall–Kier alpha value is -1.32. The van der Waals surface area contributed by atoms with E-state index in [4.69, 9.17) is 0 Å². The van der Waals surface area contributed by atoms with E-state index in [9.17, 15) is 19.8 Å². The van der Waals surface area contributed by atoms with Crippen molar-refractivity contribution in [2.45, 2.75) is 46.0 Å². The second-order valence-electron chi connectivity index (χ2n) is 3.90. The smallest absolute Gasteiger partial charge is 0.0675 e. The average molecular weight is 226 g/mol. The summed E-state index contributed by atoms with van der Waals surface area (Å²) in [5.41, 5.74) is -0.178. The lowest BCUT2D eigenvalue weighted by molar-refractivity contribution is -0.303. The SMILES string of the molecule is CCCCC(CC)C/C(=C/C(=O)[O-])C(=O)[O-]. The van der Waals surface area contributed by atoms with Gasteiger partial charge in [-0.2, -0.15) is 0 Å². The fourth-order valence-electron chi connectivity index (χ4n) is 1.60. The molecule has 0 aliphatic heterocycles. The second-order valence-corrected chi connectivity index (χ2v) is 3.90. The van der Waals surface area contributed by atoms with Gasteiger partial charge in [-0.05, 0) is 24.0 Å². The van der Waals surface area contributed by atoms with Gasteiger partial charge < -0.3 is 19.8 Å². The fraction of sp³-hybridized carbons (Fsp3) is 0.667. The second kappa shape index (κ2) is 7.91. The molecule has 0 N–H and O–H groups in total. The summed E-state index contributed by atoms with van der Waals surface area (Å²) in [6.45, 7) is 4.02. The van der Waals surface area contributed by atoms with Crippen molar-refractivity contribution >= 4 is 11.9 Å². The number of carboxylic acid groups (broad SMARTS) is 2. The highest BCUT2D eigenvalue weighted by Gasteiger charge is 2.09. The van der Waals surface area contributed by atoms with Gasteiger partial charge in [0.15, 0.2) is 0 Å². The lowest BCUT2D eigenvalue weighted by Gasteiger charge is -2.17. The number of hydrogen-bond acceptors (Lipinski definition) is 4. The summed E-state index contributed by atoms with van der Waals surface area (Å²) in [4.78, 5) is 21.0. The van der Waals surface area contributed by atoms with Crippen LogP contribution in [0.3, 0.4) is 0 Å². The molecule has 0 saturated carbocycles. The minimum atomic E-state index is -1.48. The van der Waals surface area contributed by atoms with Crippen LogP contribution in [0.2, 0.25) is 0 Å². The molecule has 0 spiro atoms. The Kier molecular flexibility index (Phi) is 7.25. The summed E-state index contributed by atoms with van der Waals surface area (Å²) in [7, 11) is 0. The van der Waals surface area contributed by atoms with Crippen molar-refractivity contribution in [3.05, 3.63) is 11.6 Å². The van der Waals surface area contributed by atoms with Crippen LogP contribution in [0.1, 0.15) is 46.0 Å². The summed E-state index contributed by atoms with van der Waals surface area (Å²) in [5, 5.41) is 21.0. The van der Waals surface area contributed by atoms with Crippen LogP contribution in [0, 0.1) is 5.92 Å². The van der Waals surface area contributed by atoms with Gasteiger partial charge in [-0.25, -0.2) is 0 Å². The predicted molar refractivity (Wildman–Crippen MR) is 56.0 cm³/mol. The van der Waals surface area contributed by atoms with Gasteiger partial charge in [0.25, 0.3) is 0 Å². The van der Waals surface area contributed by atoms with Gasteiger partial charge in [0.05, 0.1) is 11.9 Å². The first-order valence-corrected chi connectivity index (χ1v) is 5.64. The van der Waals surface area contributed by atoms with Gasteiger partial charge in [0.1, 0.15) is 0 Å². The Labute approximate surface area is 96.0 Å². The summed E-state index contributed by atoms with van der Waals surface area (Å²) in [5.74, 6) is -2.70. The standard InChI is InChI=1S/C12H20O4/c1-3-5-6-9(4-2)7-10(12(15)16)8-11(13)14/h8-9H,3-7H2,1-2H3,(H,13,14)(H,15,16)/p-2/b10-8-. The molecule has 0 aromatic heterocycles. The molecule has 0 fully saturated rings. The van der Waals surface area contributed by atoms with E-state index in [1.807, 2.05) is 6.92 Å². The van der Waals surface area contributed by atoms with E-state index in [0.717, 1.165) is 25.7 Å². The van der Waals surface area contributed by atoms with Crippen molar-refractivity contribution in [1.29, 1.82) is 0 Å². The number of aliphatic carboxylic acids is 2. The number of carbonyl (C=O) groups is 2. The third-order valence-electron chi connectivity index (χ3n) is 2.61. The molecule has 0 heterocycles. The summed E-state index contributed by atoms with van der Waals surface area (Å²) < 4.78 is 0. The van der Waals surface area contributed by atoms with Crippen molar-refractivity contribution in [3.63, 3.8) is 0 Å². The minimum Gasteiger partial charge on any atom is -0.545 e. The van der Waals surface area contributed by atoms with Gasteiger partial charge in [0.2, 0.25) is 0 Å². The molecule has 0 aromatic rings. The van der Waals surface area contributed by atoms with Gasteiger partial charge in [0, 0.05) is 0 Å². The molecule has 0 bridgehead atoms. The normalized spacial score (nSPS) is 13.5. The van der Waals surface area contributed by atoms with Crippen LogP contribution in [-0.2, 0) is 9.59 Å². The lowest BCUT2D eigenvalue weighted by Crippen LogP contribution is -2.29. The quantitative estimate of drug-likeness (QED) is 0.546. The van der Waals surface area contributed by atoms with E-state index in [0.29, 0.717) is 6.08 Å². The van der Waals surface area contributed by atoms with Crippen LogP contribution in [0.4, 0.5) is 0 Å². The fourth-order valence-corrected chi connectivity index (χ4v) is 1.60. The molecule has 4 nitrogen and oxygen atoms in total. The third kappa shape index (κ3) is 6.22. The molecule has 0 rings (SSSR count). The first-order chi connectivity index (χ1) is 7.51. The first kappa shape index (κ1) is 14.7. The molecule has 0 aliphatic rings. The van der Waals surface area contributed by atoms with Crippen molar-refractivity contribution < 1.29 is 19.8 Å². The van der Waals surface area contributed by atoms with Crippen molar-refractivity contribution in [2.75, 3.05) is 0 Å².